The lowest BCUT2D eigenvalue weighted by Crippen LogP contribution is -1.86. The summed E-state index contributed by atoms with van der Waals surface area (Å²) in [5, 5.41) is 18.7. The number of carbonyl (C=O) groups excluding carboxylic acids is 1. The zero-order chi connectivity index (χ0) is 15.9. The van der Waals surface area contributed by atoms with E-state index >= 15 is 0 Å². The second-order valence-electron chi connectivity index (χ2n) is 4.59. The van der Waals surface area contributed by atoms with Crippen LogP contribution in [0.2, 0.25) is 0 Å². The van der Waals surface area contributed by atoms with Crippen LogP contribution >= 0.6 is 0 Å². The number of ether oxygens (including phenoxy) is 1. The smallest absolute Gasteiger partial charge is 0.178 e. The van der Waals surface area contributed by atoms with Gasteiger partial charge in [-0.3, -0.25) is 4.79 Å². The zero-order valence-electron chi connectivity index (χ0n) is 12.1. The molecule has 2 rings (SSSR count). The Balaban J connectivity index is 2.03. The highest BCUT2D eigenvalue weighted by Crippen LogP contribution is 2.26. The fourth-order valence-electron chi connectivity index (χ4n) is 1.80. The van der Waals surface area contributed by atoms with Crippen molar-refractivity contribution < 1.29 is 19.7 Å². The van der Waals surface area contributed by atoms with E-state index in [-0.39, 0.29) is 17.3 Å². The van der Waals surface area contributed by atoms with Gasteiger partial charge in [-0.15, -0.1) is 0 Å². The van der Waals surface area contributed by atoms with Crippen LogP contribution in [0.1, 0.15) is 11.1 Å². The quantitative estimate of drug-likeness (QED) is 0.830. The van der Waals surface area contributed by atoms with Crippen molar-refractivity contribution in [1.29, 1.82) is 0 Å². The second-order valence-corrected chi connectivity index (χ2v) is 4.59. The van der Waals surface area contributed by atoms with Gasteiger partial charge in [-0.05, 0) is 47.5 Å². The van der Waals surface area contributed by atoms with Crippen LogP contribution in [0.4, 0.5) is 0 Å². The van der Waals surface area contributed by atoms with Crippen molar-refractivity contribution >= 4 is 17.9 Å². The maximum Gasteiger partial charge on any atom is 0.178 e. The molecule has 2 aromatic carbocycles. The molecule has 0 radical (unpaired) electrons. The normalized spacial score (nSPS) is 11.1. The van der Waals surface area contributed by atoms with Gasteiger partial charge in [0.15, 0.2) is 17.3 Å². The predicted molar refractivity (Wildman–Crippen MR) is 85.8 cm³/mol. The molecule has 0 aliphatic rings. The minimum Gasteiger partial charge on any atom is -0.508 e. The Morgan fingerprint density at radius 1 is 0.955 bits per heavy atom. The summed E-state index contributed by atoms with van der Waals surface area (Å²) < 4.78 is 5.00. The van der Waals surface area contributed by atoms with Crippen molar-refractivity contribution in [2.45, 2.75) is 0 Å². The first-order chi connectivity index (χ1) is 10.6. The first-order valence-electron chi connectivity index (χ1n) is 6.64. The summed E-state index contributed by atoms with van der Waals surface area (Å²) in [7, 11) is 1.47. The van der Waals surface area contributed by atoms with E-state index in [1.54, 1.807) is 48.6 Å². The maximum absolute atomic E-state index is 11.8. The van der Waals surface area contributed by atoms with Gasteiger partial charge in [0.2, 0.25) is 0 Å². The highest BCUT2D eigenvalue weighted by molar-refractivity contribution is 6.04. The molecule has 2 N–H and O–H groups in total. The molecule has 0 aliphatic carbocycles. The highest BCUT2D eigenvalue weighted by atomic mass is 16.5. The minimum absolute atomic E-state index is 0.0539. The number of benzene rings is 2. The van der Waals surface area contributed by atoms with Crippen molar-refractivity contribution in [3.63, 3.8) is 0 Å². The Morgan fingerprint density at radius 2 is 1.55 bits per heavy atom. The third-order valence-electron chi connectivity index (χ3n) is 2.98. The van der Waals surface area contributed by atoms with Gasteiger partial charge in [-0.1, -0.05) is 30.4 Å². The summed E-state index contributed by atoms with van der Waals surface area (Å²) in [6, 6.07) is 11.4. The van der Waals surface area contributed by atoms with Crippen LogP contribution < -0.4 is 4.74 Å². The highest BCUT2D eigenvalue weighted by Gasteiger charge is 2.00. The van der Waals surface area contributed by atoms with Gasteiger partial charge in [-0.25, -0.2) is 0 Å². The molecule has 0 bridgehead atoms. The molecule has 0 aliphatic heterocycles. The molecule has 2 aromatic rings. The summed E-state index contributed by atoms with van der Waals surface area (Å²) in [6.07, 6.45) is 6.19. The number of hydrogen-bond acceptors (Lipinski definition) is 4. The SMILES string of the molecule is COc1cc(/C=C/C(=O)/C=C/c2ccc(O)cc2)ccc1O. The number of ketones is 1. The summed E-state index contributed by atoms with van der Waals surface area (Å²) in [6.45, 7) is 0. The Hall–Kier alpha value is -3.01. The monoisotopic (exact) mass is 296 g/mol. The van der Waals surface area contributed by atoms with Crippen LogP contribution in [0.25, 0.3) is 12.2 Å². The summed E-state index contributed by atoms with van der Waals surface area (Å²) in [5.41, 5.74) is 1.58. The van der Waals surface area contributed by atoms with Gasteiger partial charge in [0.05, 0.1) is 7.11 Å². The minimum atomic E-state index is -0.167. The lowest BCUT2D eigenvalue weighted by molar-refractivity contribution is -0.110. The molecule has 0 amide bonds. The predicted octanol–water partition coefficient (Wildman–Crippen LogP) is 3.40. The molecule has 0 heterocycles. The number of allylic oxidation sites excluding steroid dienone is 2. The number of rotatable bonds is 5. The van der Waals surface area contributed by atoms with E-state index in [2.05, 4.69) is 0 Å². The molecule has 0 aromatic heterocycles. The molecule has 112 valence electrons. The molecule has 0 saturated heterocycles. The standard InChI is InChI=1S/C18H16O4/c1-22-18-12-14(6-11-17(18)21)5-10-16(20)9-4-13-2-7-15(19)8-3-13/h2-12,19,21H,1H3/b9-4+,10-5+. The van der Waals surface area contributed by atoms with E-state index in [1.807, 2.05) is 0 Å². The average molecular weight is 296 g/mol. The molecule has 22 heavy (non-hydrogen) atoms. The van der Waals surface area contributed by atoms with Gasteiger partial charge in [0, 0.05) is 0 Å². The Kier molecular flexibility index (Phi) is 4.98. The Bertz CT molecular complexity index is 712. The molecule has 0 atom stereocenters. The van der Waals surface area contributed by atoms with Gasteiger partial charge in [-0.2, -0.15) is 0 Å². The topological polar surface area (TPSA) is 66.8 Å². The van der Waals surface area contributed by atoms with Gasteiger partial charge in [0.1, 0.15) is 5.75 Å². The molecule has 0 spiro atoms. The van der Waals surface area contributed by atoms with Crippen LogP contribution in [0.3, 0.4) is 0 Å². The van der Waals surface area contributed by atoms with Crippen molar-refractivity contribution in [3.05, 3.63) is 65.7 Å². The maximum atomic E-state index is 11.8. The van der Waals surface area contributed by atoms with E-state index in [0.717, 1.165) is 11.1 Å². The molecule has 0 fully saturated rings. The lowest BCUT2D eigenvalue weighted by Gasteiger charge is -2.03. The molecular formula is C18H16O4. The number of hydrogen-bond donors (Lipinski definition) is 2. The third kappa shape index (κ3) is 4.24. The van der Waals surface area contributed by atoms with Crippen LogP contribution in [0.15, 0.2) is 54.6 Å². The summed E-state index contributed by atoms with van der Waals surface area (Å²) >= 11 is 0. The van der Waals surface area contributed by atoms with Crippen molar-refractivity contribution in [2.75, 3.05) is 7.11 Å². The fourth-order valence-corrected chi connectivity index (χ4v) is 1.80. The van der Waals surface area contributed by atoms with E-state index in [1.165, 1.54) is 25.3 Å². The van der Waals surface area contributed by atoms with E-state index in [0.29, 0.717) is 5.75 Å². The van der Waals surface area contributed by atoms with Crippen LogP contribution in [-0.2, 0) is 4.79 Å². The molecule has 4 heteroatoms. The Morgan fingerprint density at radius 3 is 2.18 bits per heavy atom. The van der Waals surface area contributed by atoms with E-state index in [4.69, 9.17) is 4.74 Å². The first kappa shape index (κ1) is 15.4. The Labute approximate surface area is 128 Å². The van der Waals surface area contributed by atoms with Gasteiger partial charge in [0.25, 0.3) is 0 Å². The summed E-state index contributed by atoms with van der Waals surface area (Å²) in [5.74, 6) is 0.428. The second kappa shape index (κ2) is 7.13. The lowest BCUT2D eigenvalue weighted by atomic mass is 10.1. The molecular weight excluding hydrogens is 280 g/mol. The van der Waals surface area contributed by atoms with E-state index in [9.17, 15) is 15.0 Å². The van der Waals surface area contributed by atoms with Gasteiger partial charge >= 0.3 is 0 Å². The number of carbonyl (C=O) groups is 1. The largest absolute Gasteiger partial charge is 0.508 e. The molecule has 0 saturated carbocycles. The average Bonchev–Trinajstić information content (AvgIpc) is 2.53. The number of phenols is 2. The van der Waals surface area contributed by atoms with Crippen molar-refractivity contribution in [3.8, 4) is 17.2 Å². The van der Waals surface area contributed by atoms with Crippen molar-refractivity contribution in [1.82, 2.24) is 0 Å². The van der Waals surface area contributed by atoms with Crippen molar-refractivity contribution in [2.24, 2.45) is 0 Å². The zero-order valence-corrected chi connectivity index (χ0v) is 12.1. The first-order valence-corrected chi connectivity index (χ1v) is 6.64. The number of phenolic OH excluding ortho intramolecular Hbond substituents is 2. The number of methoxy groups -OCH3 is 1. The molecule has 0 unspecified atom stereocenters. The fraction of sp³-hybridized carbons (Fsp3) is 0.0556. The molecule has 4 nitrogen and oxygen atoms in total. The van der Waals surface area contributed by atoms with Crippen LogP contribution in [0, 0.1) is 0 Å². The summed E-state index contributed by atoms with van der Waals surface area (Å²) in [4.78, 5) is 11.8. The van der Waals surface area contributed by atoms with Crippen LogP contribution in [-0.4, -0.2) is 23.1 Å². The third-order valence-corrected chi connectivity index (χ3v) is 2.98. The van der Waals surface area contributed by atoms with Crippen LogP contribution in [0.5, 0.6) is 17.2 Å². The van der Waals surface area contributed by atoms with E-state index < -0.39 is 0 Å². The van der Waals surface area contributed by atoms with Gasteiger partial charge < -0.3 is 14.9 Å². The number of aromatic hydroxyl groups is 2.